The van der Waals surface area contributed by atoms with E-state index in [0.717, 1.165) is 15.7 Å². The molecule has 2 aromatic rings. The third-order valence-corrected chi connectivity index (χ3v) is 4.07. The fraction of sp³-hybridized carbons (Fsp3) is 0.188. The molecule has 0 saturated carbocycles. The second-order valence-corrected chi connectivity index (χ2v) is 5.86. The van der Waals surface area contributed by atoms with Crippen molar-refractivity contribution in [3.63, 3.8) is 0 Å². The molecule has 0 radical (unpaired) electrons. The first-order chi connectivity index (χ1) is 9.61. The maximum absolute atomic E-state index is 5.43. The van der Waals surface area contributed by atoms with Crippen LogP contribution in [0, 0.1) is 0 Å². The summed E-state index contributed by atoms with van der Waals surface area (Å²) in [5, 5.41) is 6.84. The lowest BCUT2D eigenvalue weighted by atomic mass is 10.1. The number of fused-ring (bicyclic) bond motifs is 1. The Bertz CT molecular complexity index is 642. The van der Waals surface area contributed by atoms with Crippen molar-refractivity contribution in [3.05, 3.63) is 53.6 Å². The van der Waals surface area contributed by atoms with Gasteiger partial charge in [-0.1, -0.05) is 48.6 Å². The zero-order valence-corrected chi connectivity index (χ0v) is 13.5. The average Bonchev–Trinajstić information content (AvgIpc) is 2.45. The SMILES string of the molecule is CSC(=CC(=S)Nc1cccc2ccccc12)N(C)C. The van der Waals surface area contributed by atoms with Crippen molar-refractivity contribution in [1.29, 1.82) is 0 Å². The quantitative estimate of drug-likeness (QED) is 0.667. The van der Waals surface area contributed by atoms with Crippen LogP contribution in [0.2, 0.25) is 0 Å². The number of anilines is 1. The Balaban J connectivity index is 2.26. The van der Waals surface area contributed by atoms with Gasteiger partial charge in [-0.3, -0.25) is 0 Å². The highest BCUT2D eigenvalue weighted by Crippen LogP contribution is 2.23. The smallest absolute Gasteiger partial charge is 0.106 e. The Hall–Kier alpha value is -1.52. The minimum Gasteiger partial charge on any atom is -0.372 e. The normalized spacial score (nSPS) is 11.4. The predicted molar refractivity (Wildman–Crippen MR) is 95.5 cm³/mol. The minimum atomic E-state index is 0.722. The zero-order valence-electron chi connectivity index (χ0n) is 11.9. The monoisotopic (exact) mass is 302 g/mol. The van der Waals surface area contributed by atoms with Gasteiger partial charge in [0, 0.05) is 31.2 Å². The molecule has 0 aliphatic carbocycles. The molecule has 0 fully saturated rings. The van der Waals surface area contributed by atoms with Crippen LogP contribution >= 0.6 is 24.0 Å². The molecule has 104 valence electrons. The van der Waals surface area contributed by atoms with Crippen LogP contribution in [0.1, 0.15) is 0 Å². The van der Waals surface area contributed by atoms with Crippen molar-refractivity contribution >= 4 is 45.4 Å². The van der Waals surface area contributed by atoms with E-state index in [9.17, 15) is 0 Å². The lowest BCUT2D eigenvalue weighted by molar-refractivity contribution is 0.551. The molecule has 0 spiro atoms. The molecule has 0 atom stereocenters. The lowest BCUT2D eigenvalue weighted by Gasteiger charge is -2.15. The highest BCUT2D eigenvalue weighted by Gasteiger charge is 2.03. The number of rotatable bonds is 4. The van der Waals surface area contributed by atoms with E-state index in [-0.39, 0.29) is 0 Å². The lowest BCUT2D eigenvalue weighted by Crippen LogP contribution is -2.13. The standard InChI is InChI=1S/C16H18N2S2/c1-18(2)16(20-3)11-15(19)17-14-10-6-8-12-7-4-5-9-13(12)14/h4-11H,1-3H3,(H,17,19). The first-order valence-electron chi connectivity index (χ1n) is 6.33. The summed E-state index contributed by atoms with van der Waals surface area (Å²) in [6, 6.07) is 14.5. The first-order valence-corrected chi connectivity index (χ1v) is 7.97. The van der Waals surface area contributed by atoms with E-state index in [0.29, 0.717) is 0 Å². The molecule has 0 amide bonds. The van der Waals surface area contributed by atoms with E-state index in [4.69, 9.17) is 12.2 Å². The van der Waals surface area contributed by atoms with Gasteiger partial charge in [0.05, 0.1) is 5.03 Å². The van der Waals surface area contributed by atoms with E-state index < -0.39 is 0 Å². The largest absolute Gasteiger partial charge is 0.372 e. The van der Waals surface area contributed by atoms with Gasteiger partial charge in [-0.25, -0.2) is 0 Å². The van der Waals surface area contributed by atoms with E-state index >= 15 is 0 Å². The van der Waals surface area contributed by atoms with E-state index in [1.165, 1.54) is 10.8 Å². The molecule has 2 nitrogen and oxygen atoms in total. The molecule has 4 heteroatoms. The summed E-state index contributed by atoms with van der Waals surface area (Å²) in [4.78, 5) is 2.78. The first kappa shape index (κ1) is 14.9. The molecular formula is C16H18N2S2. The highest BCUT2D eigenvalue weighted by molar-refractivity contribution is 8.02. The maximum atomic E-state index is 5.43. The number of nitrogens with zero attached hydrogens (tertiary/aromatic N) is 1. The number of thioether (sulfide) groups is 1. The van der Waals surface area contributed by atoms with Gasteiger partial charge in [0.2, 0.25) is 0 Å². The van der Waals surface area contributed by atoms with Gasteiger partial charge < -0.3 is 10.2 Å². The Morgan fingerprint density at radius 3 is 2.55 bits per heavy atom. The molecule has 0 aliphatic rings. The molecule has 0 saturated heterocycles. The maximum Gasteiger partial charge on any atom is 0.106 e. The summed E-state index contributed by atoms with van der Waals surface area (Å²) >= 11 is 7.11. The zero-order chi connectivity index (χ0) is 14.5. The molecule has 20 heavy (non-hydrogen) atoms. The molecular weight excluding hydrogens is 284 g/mol. The fourth-order valence-electron chi connectivity index (χ4n) is 1.99. The second-order valence-electron chi connectivity index (χ2n) is 4.60. The van der Waals surface area contributed by atoms with Crippen LogP contribution in [0.5, 0.6) is 0 Å². The van der Waals surface area contributed by atoms with Gasteiger partial charge in [0.15, 0.2) is 0 Å². The Kier molecular flexibility index (Phi) is 5.04. The fourth-order valence-corrected chi connectivity index (χ4v) is 2.88. The number of benzene rings is 2. The van der Waals surface area contributed by atoms with Gasteiger partial charge in [0.25, 0.3) is 0 Å². The van der Waals surface area contributed by atoms with E-state index in [1.807, 2.05) is 44.6 Å². The molecule has 1 N–H and O–H groups in total. The van der Waals surface area contributed by atoms with E-state index in [1.54, 1.807) is 11.8 Å². The van der Waals surface area contributed by atoms with Crippen LogP contribution in [-0.2, 0) is 0 Å². The van der Waals surface area contributed by atoms with Crippen LogP contribution in [0.15, 0.2) is 53.6 Å². The predicted octanol–water partition coefficient (Wildman–Crippen LogP) is 4.35. The Labute approximate surface area is 129 Å². The number of nitrogens with one attached hydrogen (secondary N) is 1. The third kappa shape index (κ3) is 3.52. The molecule has 0 aliphatic heterocycles. The Morgan fingerprint density at radius 2 is 1.85 bits per heavy atom. The second kappa shape index (κ2) is 6.77. The van der Waals surface area contributed by atoms with Crippen molar-refractivity contribution < 1.29 is 0 Å². The van der Waals surface area contributed by atoms with Crippen LogP contribution < -0.4 is 5.32 Å². The van der Waals surface area contributed by atoms with Gasteiger partial charge in [0.1, 0.15) is 4.99 Å². The molecule has 0 heterocycles. The summed E-state index contributed by atoms with van der Waals surface area (Å²) in [5.74, 6) is 0. The molecule has 2 rings (SSSR count). The van der Waals surface area contributed by atoms with E-state index in [2.05, 4.69) is 34.5 Å². The topological polar surface area (TPSA) is 15.3 Å². The van der Waals surface area contributed by atoms with Crippen molar-refractivity contribution in [3.8, 4) is 0 Å². The average molecular weight is 302 g/mol. The number of hydrogen-bond donors (Lipinski definition) is 1. The van der Waals surface area contributed by atoms with Crippen molar-refractivity contribution in [2.24, 2.45) is 0 Å². The van der Waals surface area contributed by atoms with Gasteiger partial charge in [-0.2, -0.15) is 0 Å². The Morgan fingerprint density at radius 1 is 1.15 bits per heavy atom. The third-order valence-electron chi connectivity index (χ3n) is 2.95. The van der Waals surface area contributed by atoms with Gasteiger partial charge >= 0.3 is 0 Å². The summed E-state index contributed by atoms with van der Waals surface area (Å²) < 4.78 is 0. The van der Waals surface area contributed by atoms with Gasteiger partial charge in [-0.05, 0) is 17.7 Å². The summed E-state index contributed by atoms with van der Waals surface area (Å²) in [7, 11) is 4.03. The minimum absolute atomic E-state index is 0.722. The number of hydrogen-bond acceptors (Lipinski definition) is 3. The molecule has 0 aromatic heterocycles. The summed E-state index contributed by atoms with van der Waals surface area (Å²) in [6.45, 7) is 0. The van der Waals surface area contributed by atoms with Gasteiger partial charge in [-0.15, -0.1) is 11.8 Å². The summed E-state index contributed by atoms with van der Waals surface area (Å²) in [6.07, 6.45) is 4.04. The molecule has 2 aromatic carbocycles. The van der Waals surface area contributed by atoms with Crippen LogP contribution in [0.4, 0.5) is 5.69 Å². The molecule has 0 unspecified atom stereocenters. The highest BCUT2D eigenvalue weighted by atomic mass is 32.2. The summed E-state index contributed by atoms with van der Waals surface area (Å²) in [5.41, 5.74) is 1.04. The number of thiocarbonyl (C=S) groups is 1. The van der Waals surface area contributed by atoms with Crippen LogP contribution in [0.3, 0.4) is 0 Å². The van der Waals surface area contributed by atoms with Crippen molar-refractivity contribution in [1.82, 2.24) is 4.90 Å². The van der Waals surface area contributed by atoms with Crippen LogP contribution in [0.25, 0.3) is 10.8 Å². The van der Waals surface area contributed by atoms with Crippen molar-refractivity contribution in [2.75, 3.05) is 25.7 Å². The molecule has 0 bridgehead atoms. The van der Waals surface area contributed by atoms with Crippen molar-refractivity contribution in [2.45, 2.75) is 0 Å². The van der Waals surface area contributed by atoms with Crippen LogP contribution in [-0.4, -0.2) is 30.2 Å².